The highest BCUT2D eigenvalue weighted by molar-refractivity contribution is 5.15. The minimum Gasteiger partial charge on any atom is -0.310 e. The first kappa shape index (κ1) is 13.4. The van der Waals surface area contributed by atoms with Gasteiger partial charge in [0.15, 0.2) is 0 Å². The Bertz CT molecular complexity index is 532. The largest absolute Gasteiger partial charge is 0.310 e. The molecule has 0 bridgehead atoms. The highest BCUT2D eigenvalue weighted by Crippen LogP contribution is 2.24. The summed E-state index contributed by atoms with van der Waals surface area (Å²) >= 11 is 0. The number of hydrogen-bond donors (Lipinski definition) is 1. The summed E-state index contributed by atoms with van der Waals surface area (Å²) in [4.78, 5) is 0. The number of aromatic nitrogens is 2. The van der Waals surface area contributed by atoms with Gasteiger partial charge in [-0.05, 0) is 30.7 Å². The van der Waals surface area contributed by atoms with Crippen LogP contribution in [0, 0.1) is 5.92 Å². The van der Waals surface area contributed by atoms with E-state index in [-0.39, 0.29) is 0 Å². The second-order valence-electron chi connectivity index (χ2n) is 6.03. The Kier molecular flexibility index (Phi) is 4.16. The summed E-state index contributed by atoms with van der Waals surface area (Å²) in [6.45, 7) is 4.13. The van der Waals surface area contributed by atoms with Crippen LogP contribution in [0.25, 0.3) is 0 Å². The lowest BCUT2D eigenvalue weighted by molar-refractivity contribution is 0.502. The van der Waals surface area contributed by atoms with E-state index in [0.717, 1.165) is 19.0 Å². The first-order valence-corrected chi connectivity index (χ1v) is 7.58. The molecule has 1 aromatic heterocycles. The summed E-state index contributed by atoms with van der Waals surface area (Å²) in [7, 11) is 0. The number of rotatable bonds is 5. The van der Waals surface area contributed by atoms with E-state index in [1.54, 1.807) is 0 Å². The highest BCUT2D eigenvalue weighted by Gasteiger charge is 2.20. The maximum absolute atomic E-state index is 4.45. The van der Waals surface area contributed by atoms with Gasteiger partial charge in [0.1, 0.15) is 0 Å². The van der Waals surface area contributed by atoms with Crippen molar-refractivity contribution in [3.63, 3.8) is 0 Å². The molecule has 0 amide bonds. The van der Waals surface area contributed by atoms with Crippen molar-refractivity contribution in [2.24, 2.45) is 5.92 Å². The zero-order valence-corrected chi connectivity index (χ0v) is 12.1. The second kappa shape index (κ2) is 6.23. The van der Waals surface area contributed by atoms with Gasteiger partial charge in [-0.1, -0.05) is 37.3 Å². The molecule has 20 heavy (non-hydrogen) atoms. The fourth-order valence-corrected chi connectivity index (χ4v) is 3.01. The van der Waals surface area contributed by atoms with Gasteiger partial charge in [0.2, 0.25) is 0 Å². The zero-order valence-electron chi connectivity index (χ0n) is 12.1. The Morgan fingerprint density at radius 3 is 2.80 bits per heavy atom. The van der Waals surface area contributed by atoms with Crippen molar-refractivity contribution in [2.45, 2.75) is 45.3 Å². The molecule has 2 atom stereocenters. The monoisotopic (exact) mass is 269 g/mol. The molecule has 0 radical (unpaired) electrons. The van der Waals surface area contributed by atoms with Crippen LogP contribution in [0.4, 0.5) is 0 Å². The third-order valence-corrected chi connectivity index (χ3v) is 4.16. The Hall–Kier alpha value is -1.61. The molecular weight excluding hydrogens is 246 g/mol. The van der Waals surface area contributed by atoms with Crippen LogP contribution in [0.1, 0.15) is 37.3 Å². The summed E-state index contributed by atoms with van der Waals surface area (Å²) in [5.41, 5.74) is 2.57. The van der Waals surface area contributed by atoms with Crippen molar-refractivity contribution >= 4 is 0 Å². The fourth-order valence-electron chi connectivity index (χ4n) is 3.01. The van der Waals surface area contributed by atoms with Crippen molar-refractivity contribution in [1.29, 1.82) is 0 Å². The topological polar surface area (TPSA) is 29.9 Å². The molecule has 0 saturated heterocycles. The van der Waals surface area contributed by atoms with Gasteiger partial charge in [-0.15, -0.1) is 0 Å². The molecule has 1 aromatic carbocycles. The van der Waals surface area contributed by atoms with E-state index in [1.165, 1.54) is 30.4 Å². The molecule has 3 nitrogen and oxygen atoms in total. The normalized spacial score (nSPS) is 22.2. The molecule has 1 fully saturated rings. The molecule has 0 aliphatic heterocycles. The standard InChI is InChI=1S/C17H23N3/c1-14-7-8-17(9-14)18-10-16-11-19-20(13-16)12-15-5-3-2-4-6-15/h2-6,11,13-14,17-18H,7-10,12H2,1H3. The van der Waals surface area contributed by atoms with Gasteiger partial charge in [0, 0.05) is 24.3 Å². The Morgan fingerprint density at radius 1 is 1.20 bits per heavy atom. The summed E-state index contributed by atoms with van der Waals surface area (Å²) < 4.78 is 2.02. The summed E-state index contributed by atoms with van der Waals surface area (Å²) in [5, 5.41) is 8.10. The van der Waals surface area contributed by atoms with Gasteiger partial charge in [-0.2, -0.15) is 5.10 Å². The minimum absolute atomic E-state index is 0.697. The average Bonchev–Trinajstić information content (AvgIpc) is 3.07. The van der Waals surface area contributed by atoms with E-state index < -0.39 is 0 Å². The van der Waals surface area contributed by atoms with Crippen LogP contribution in [0.2, 0.25) is 0 Å². The molecule has 106 valence electrons. The van der Waals surface area contributed by atoms with E-state index in [2.05, 4.69) is 47.8 Å². The SMILES string of the molecule is CC1CCC(NCc2cnn(Cc3ccccc3)c2)C1. The van der Waals surface area contributed by atoms with Crippen LogP contribution in [-0.4, -0.2) is 15.8 Å². The quantitative estimate of drug-likeness (QED) is 0.903. The predicted octanol–water partition coefficient (Wildman–Crippen LogP) is 3.21. The lowest BCUT2D eigenvalue weighted by Crippen LogP contribution is -2.25. The van der Waals surface area contributed by atoms with Crippen molar-refractivity contribution in [1.82, 2.24) is 15.1 Å². The number of nitrogens with one attached hydrogen (secondary N) is 1. The molecule has 1 saturated carbocycles. The van der Waals surface area contributed by atoms with Crippen molar-refractivity contribution < 1.29 is 0 Å². The third kappa shape index (κ3) is 3.48. The molecule has 3 heteroatoms. The predicted molar refractivity (Wildman–Crippen MR) is 81.4 cm³/mol. The molecule has 0 spiro atoms. The maximum Gasteiger partial charge on any atom is 0.0659 e. The first-order chi connectivity index (χ1) is 9.79. The molecule has 1 aliphatic rings. The van der Waals surface area contributed by atoms with Gasteiger partial charge in [0.05, 0.1) is 12.7 Å². The zero-order chi connectivity index (χ0) is 13.8. The summed E-state index contributed by atoms with van der Waals surface area (Å²) in [6.07, 6.45) is 8.13. The van der Waals surface area contributed by atoms with Gasteiger partial charge in [0.25, 0.3) is 0 Å². The second-order valence-corrected chi connectivity index (χ2v) is 6.03. The molecule has 3 rings (SSSR count). The van der Waals surface area contributed by atoms with Crippen LogP contribution in [0.3, 0.4) is 0 Å². The first-order valence-electron chi connectivity index (χ1n) is 7.58. The lowest BCUT2D eigenvalue weighted by Gasteiger charge is -2.10. The van der Waals surface area contributed by atoms with E-state index in [9.17, 15) is 0 Å². The molecule has 1 N–H and O–H groups in total. The maximum atomic E-state index is 4.45. The van der Waals surface area contributed by atoms with Crippen LogP contribution in [0.15, 0.2) is 42.7 Å². The van der Waals surface area contributed by atoms with Crippen molar-refractivity contribution in [3.8, 4) is 0 Å². The van der Waals surface area contributed by atoms with E-state index in [1.807, 2.05) is 16.9 Å². The van der Waals surface area contributed by atoms with E-state index in [4.69, 9.17) is 0 Å². The Morgan fingerprint density at radius 2 is 2.05 bits per heavy atom. The van der Waals surface area contributed by atoms with Crippen molar-refractivity contribution in [3.05, 3.63) is 53.9 Å². The Balaban J connectivity index is 1.52. The Labute approximate surface area is 121 Å². The van der Waals surface area contributed by atoms with E-state index >= 15 is 0 Å². The summed E-state index contributed by atoms with van der Waals surface area (Å²) in [6, 6.07) is 11.2. The number of hydrogen-bond acceptors (Lipinski definition) is 2. The van der Waals surface area contributed by atoms with Crippen LogP contribution in [-0.2, 0) is 13.1 Å². The highest BCUT2D eigenvalue weighted by atomic mass is 15.3. The fraction of sp³-hybridized carbons (Fsp3) is 0.471. The molecular formula is C17H23N3. The average molecular weight is 269 g/mol. The molecule has 2 unspecified atom stereocenters. The lowest BCUT2D eigenvalue weighted by atomic mass is 10.1. The third-order valence-electron chi connectivity index (χ3n) is 4.16. The van der Waals surface area contributed by atoms with Crippen molar-refractivity contribution in [2.75, 3.05) is 0 Å². The molecule has 1 aliphatic carbocycles. The van der Waals surface area contributed by atoms with Gasteiger partial charge in [-0.25, -0.2) is 0 Å². The van der Waals surface area contributed by atoms with Gasteiger partial charge >= 0.3 is 0 Å². The van der Waals surface area contributed by atoms with Gasteiger partial charge < -0.3 is 5.32 Å². The van der Waals surface area contributed by atoms with E-state index in [0.29, 0.717) is 6.04 Å². The smallest absolute Gasteiger partial charge is 0.0659 e. The van der Waals surface area contributed by atoms with Crippen LogP contribution >= 0.6 is 0 Å². The minimum atomic E-state index is 0.697. The number of benzene rings is 1. The summed E-state index contributed by atoms with van der Waals surface area (Å²) in [5.74, 6) is 0.883. The number of nitrogens with zero attached hydrogens (tertiary/aromatic N) is 2. The molecule has 2 aromatic rings. The molecule has 1 heterocycles. The van der Waals surface area contributed by atoms with Crippen LogP contribution in [0.5, 0.6) is 0 Å². The van der Waals surface area contributed by atoms with Gasteiger partial charge in [-0.3, -0.25) is 4.68 Å². The van der Waals surface area contributed by atoms with Crippen LogP contribution < -0.4 is 5.32 Å².